The van der Waals surface area contributed by atoms with Gasteiger partial charge in [-0.1, -0.05) is 12.2 Å². The lowest BCUT2D eigenvalue weighted by Gasteiger charge is -2.16. The first-order valence-corrected chi connectivity index (χ1v) is 8.86. The molecule has 1 heterocycles. The number of hydrogen-bond acceptors (Lipinski definition) is 6. The average molecular weight is 369 g/mol. The summed E-state index contributed by atoms with van der Waals surface area (Å²) in [6, 6.07) is 6.43. The molecule has 27 heavy (non-hydrogen) atoms. The predicted molar refractivity (Wildman–Crippen MR) is 92.7 cm³/mol. The summed E-state index contributed by atoms with van der Waals surface area (Å²) >= 11 is 0. The molecule has 4 atom stereocenters. The first-order chi connectivity index (χ1) is 13.0. The summed E-state index contributed by atoms with van der Waals surface area (Å²) in [6.45, 7) is -0.888. The Morgan fingerprint density at radius 1 is 1.04 bits per heavy atom. The van der Waals surface area contributed by atoms with Crippen LogP contribution in [-0.2, 0) is 19.1 Å². The number of ketones is 1. The van der Waals surface area contributed by atoms with Crippen LogP contribution in [0.5, 0.6) is 5.75 Å². The molecule has 7 heteroatoms. The highest BCUT2D eigenvalue weighted by Crippen LogP contribution is 2.52. The molecule has 4 rings (SSSR count). The Bertz CT molecular complexity index is 813. The van der Waals surface area contributed by atoms with Gasteiger partial charge in [-0.2, -0.15) is 0 Å². The van der Waals surface area contributed by atoms with Gasteiger partial charge in [0.1, 0.15) is 12.3 Å². The smallest absolute Gasteiger partial charge is 0.326 e. The molecule has 2 bridgehead atoms. The van der Waals surface area contributed by atoms with Crippen molar-refractivity contribution in [3.63, 3.8) is 0 Å². The Kier molecular flexibility index (Phi) is 4.30. The highest BCUT2D eigenvalue weighted by molar-refractivity contribution is 6.08. The normalized spacial score (nSPS) is 27.8. The third-order valence-corrected chi connectivity index (χ3v) is 5.63. The fraction of sp³-hybridized carbons (Fsp3) is 0.400. The number of fused-ring (bicyclic) bond motifs is 5. The Morgan fingerprint density at radius 2 is 1.63 bits per heavy atom. The van der Waals surface area contributed by atoms with Crippen molar-refractivity contribution < 1.29 is 28.7 Å². The Balaban J connectivity index is 1.32. The van der Waals surface area contributed by atoms with Crippen molar-refractivity contribution in [1.29, 1.82) is 0 Å². The summed E-state index contributed by atoms with van der Waals surface area (Å²) in [5.74, 6) is -1.64. The second-order valence-corrected chi connectivity index (χ2v) is 7.07. The first-order valence-electron chi connectivity index (χ1n) is 8.86. The van der Waals surface area contributed by atoms with Crippen LogP contribution in [0.25, 0.3) is 0 Å². The van der Waals surface area contributed by atoms with E-state index in [0.717, 1.165) is 11.3 Å². The van der Waals surface area contributed by atoms with Gasteiger partial charge in [0.05, 0.1) is 18.9 Å². The zero-order chi connectivity index (χ0) is 19.1. The second kappa shape index (κ2) is 6.64. The number of imide groups is 1. The van der Waals surface area contributed by atoms with E-state index in [1.807, 2.05) is 12.2 Å². The maximum atomic E-state index is 12.5. The van der Waals surface area contributed by atoms with Crippen LogP contribution in [0.1, 0.15) is 16.8 Å². The molecule has 0 unspecified atom stereocenters. The lowest BCUT2D eigenvalue weighted by atomic mass is 9.85. The molecule has 7 nitrogen and oxygen atoms in total. The number of esters is 1. The van der Waals surface area contributed by atoms with E-state index in [1.54, 1.807) is 24.3 Å². The molecule has 140 valence electrons. The van der Waals surface area contributed by atoms with Crippen LogP contribution in [0.3, 0.4) is 0 Å². The number of allylic oxidation sites excluding steroid dienone is 2. The van der Waals surface area contributed by atoms with Crippen LogP contribution >= 0.6 is 0 Å². The monoisotopic (exact) mass is 369 g/mol. The van der Waals surface area contributed by atoms with Crippen molar-refractivity contribution in [2.75, 3.05) is 20.3 Å². The van der Waals surface area contributed by atoms with Crippen molar-refractivity contribution in [2.24, 2.45) is 23.7 Å². The van der Waals surface area contributed by atoms with Crippen molar-refractivity contribution in [1.82, 2.24) is 4.90 Å². The van der Waals surface area contributed by atoms with Crippen LogP contribution < -0.4 is 4.74 Å². The predicted octanol–water partition coefficient (Wildman–Crippen LogP) is 1.23. The van der Waals surface area contributed by atoms with E-state index >= 15 is 0 Å². The van der Waals surface area contributed by atoms with Gasteiger partial charge in [0.25, 0.3) is 0 Å². The van der Waals surface area contributed by atoms with Gasteiger partial charge in [0, 0.05) is 5.56 Å². The van der Waals surface area contributed by atoms with Gasteiger partial charge in [0.2, 0.25) is 11.8 Å². The van der Waals surface area contributed by atoms with E-state index in [4.69, 9.17) is 9.47 Å². The van der Waals surface area contributed by atoms with Crippen LogP contribution in [0.2, 0.25) is 0 Å². The molecule has 1 aromatic carbocycles. The number of ether oxygens (including phenoxy) is 2. The maximum Gasteiger partial charge on any atom is 0.326 e. The third-order valence-electron chi connectivity index (χ3n) is 5.63. The molecule has 1 aliphatic heterocycles. The molecular weight excluding hydrogens is 350 g/mol. The van der Waals surface area contributed by atoms with E-state index in [1.165, 1.54) is 7.11 Å². The second-order valence-electron chi connectivity index (χ2n) is 7.07. The van der Waals surface area contributed by atoms with Crippen LogP contribution in [0, 0.1) is 23.7 Å². The maximum absolute atomic E-state index is 12.5. The molecule has 0 aromatic heterocycles. The van der Waals surface area contributed by atoms with Crippen LogP contribution in [-0.4, -0.2) is 48.7 Å². The van der Waals surface area contributed by atoms with Crippen LogP contribution in [0.4, 0.5) is 0 Å². The minimum Gasteiger partial charge on any atom is -0.497 e. The molecule has 2 fully saturated rings. The SMILES string of the molecule is COc1ccc(C(=O)COC(=O)CN2C(=O)[C@@H]3[C@@H](C2=O)[C@H]2C=C[C@H]3C2)cc1. The highest BCUT2D eigenvalue weighted by atomic mass is 16.5. The van der Waals surface area contributed by atoms with Gasteiger partial charge in [-0.3, -0.25) is 24.1 Å². The number of hydrogen-bond donors (Lipinski definition) is 0. The van der Waals surface area contributed by atoms with Crippen molar-refractivity contribution in [2.45, 2.75) is 6.42 Å². The molecule has 1 saturated heterocycles. The van der Waals surface area contributed by atoms with E-state index in [9.17, 15) is 19.2 Å². The lowest BCUT2D eigenvalue weighted by molar-refractivity contribution is -0.152. The summed E-state index contributed by atoms with van der Waals surface area (Å²) in [5.41, 5.74) is 0.383. The summed E-state index contributed by atoms with van der Waals surface area (Å²) in [6.07, 6.45) is 4.82. The van der Waals surface area contributed by atoms with Gasteiger partial charge in [-0.25, -0.2) is 0 Å². The highest BCUT2D eigenvalue weighted by Gasteiger charge is 2.59. The van der Waals surface area contributed by atoms with Gasteiger partial charge in [-0.05, 0) is 42.5 Å². The van der Waals surface area contributed by atoms with Gasteiger partial charge < -0.3 is 9.47 Å². The lowest BCUT2D eigenvalue weighted by Crippen LogP contribution is -2.38. The Labute approximate surface area is 155 Å². The Hall–Kier alpha value is -2.96. The average Bonchev–Trinajstić information content (AvgIpc) is 3.36. The standard InChI is InChI=1S/C20H19NO6/c1-26-14-6-4-11(5-7-14)15(22)10-27-16(23)9-21-19(24)17-12-2-3-13(8-12)18(17)20(21)25/h2-7,12-13,17-18H,8-10H2,1H3/t12-,13-,17-,18-/m0/s1. The molecule has 0 spiro atoms. The molecule has 0 radical (unpaired) electrons. The number of likely N-dealkylation sites (tertiary alicyclic amines) is 1. The first kappa shape index (κ1) is 17.5. The van der Waals surface area contributed by atoms with Gasteiger partial charge in [0.15, 0.2) is 12.4 Å². The minimum absolute atomic E-state index is 0.0918. The van der Waals surface area contributed by atoms with Crippen molar-refractivity contribution in [3.05, 3.63) is 42.0 Å². The molecular formula is C20H19NO6. The summed E-state index contributed by atoms with van der Waals surface area (Å²) in [4.78, 5) is 50.2. The summed E-state index contributed by atoms with van der Waals surface area (Å²) in [5, 5.41) is 0. The fourth-order valence-corrected chi connectivity index (χ4v) is 4.30. The van der Waals surface area contributed by atoms with Crippen molar-refractivity contribution in [3.8, 4) is 5.75 Å². The molecule has 0 N–H and O–H groups in total. The van der Waals surface area contributed by atoms with E-state index in [-0.39, 0.29) is 41.3 Å². The zero-order valence-electron chi connectivity index (χ0n) is 14.8. The van der Waals surface area contributed by atoms with Crippen molar-refractivity contribution >= 4 is 23.6 Å². The molecule has 1 saturated carbocycles. The molecule has 2 aliphatic carbocycles. The van der Waals surface area contributed by atoms with E-state index in [0.29, 0.717) is 11.3 Å². The molecule has 2 amide bonds. The topological polar surface area (TPSA) is 90.0 Å². The fourth-order valence-electron chi connectivity index (χ4n) is 4.30. The number of carbonyl (C=O) groups excluding carboxylic acids is 4. The number of methoxy groups -OCH3 is 1. The van der Waals surface area contributed by atoms with Gasteiger partial charge in [-0.15, -0.1) is 0 Å². The van der Waals surface area contributed by atoms with Crippen LogP contribution in [0.15, 0.2) is 36.4 Å². The molecule has 1 aromatic rings. The summed E-state index contributed by atoms with van der Waals surface area (Å²) in [7, 11) is 1.52. The number of Topliss-reactive ketones (excluding diaryl/α,β-unsaturated/α-hetero) is 1. The number of carbonyl (C=O) groups is 4. The number of amides is 2. The zero-order valence-corrected chi connectivity index (χ0v) is 14.8. The van der Waals surface area contributed by atoms with Gasteiger partial charge >= 0.3 is 5.97 Å². The minimum atomic E-state index is -0.765. The summed E-state index contributed by atoms with van der Waals surface area (Å²) < 4.78 is 10.0. The van der Waals surface area contributed by atoms with E-state index < -0.39 is 19.1 Å². The third kappa shape index (κ3) is 2.93. The quantitative estimate of drug-likeness (QED) is 0.324. The largest absolute Gasteiger partial charge is 0.497 e. The molecule has 3 aliphatic rings. The number of nitrogens with zero attached hydrogens (tertiary/aromatic N) is 1. The van der Waals surface area contributed by atoms with E-state index in [2.05, 4.69) is 0 Å². The number of benzene rings is 1. The number of rotatable bonds is 6. The Morgan fingerprint density at radius 3 is 2.19 bits per heavy atom.